The first-order valence-electron chi connectivity index (χ1n) is 9.97. The zero-order valence-corrected chi connectivity index (χ0v) is 16.5. The highest BCUT2D eigenvalue weighted by Gasteiger charge is 2.22. The SMILES string of the molecule is CCN(CC)c1nc(N2CCN(c3ccccc3F)CC2)nc2ccccc12. The maximum absolute atomic E-state index is 14.1. The molecule has 0 unspecified atom stereocenters. The minimum atomic E-state index is -0.165. The summed E-state index contributed by atoms with van der Waals surface area (Å²) in [5, 5.41) is 1.08. The summed E-state index contributed by atoms with van der Waals surface area (Å²) in [7, 11) is 0. The number of hydrogen-bond donors (Lipinski definition) is 0. The van der Waals surface area contributed by atoms with E-state index in [0.717, 1.165) is 61.9 Å². The Hall–Kier alpha value is -2.89. The molecule has 1 aromatic heterocycles. The number of nitrogens with zero attached hydrogens (tertiary/aromatic N) is 5. The van der Waals surface area contributed by atoms with Crippen molar-refractivity contribution in [2.75, 3.05) is 54.0 Å². The van der Waals surface area contributed by atoms with E-state index in [2.05, 4.69) is 34.6 Å². The molecule has 1 aliphatic rings. The van der Waals surface area contributed by atoms with E-state index in [9.17, 15) is 4.39 Å². The van der Waals surface area contributed by atoms with Gasteiger partial charge in [-0.2, -0.15) is 4.98 Å². The zero-order chi connectivity index (χ0) is 19.5. The zero-order valence-electron chi connectivity index (χ0n) is 16.5. The van der Waals surface area contributed by atoms with Crippen molar-refractivity contribution in [3.05, 3.63) is 54.3 Å². The molecule has 1 saturated heterocycles. The molecule has 2 heterocycles. The molecule has 28 heavy (non-hydrogen) atoms. The highest BCUT2D eigenvalue weighted by Crippen LogP contribution is 2.28. The standard InChI is InChI=1S/C22H26FN5/c1-3-26(4-2)21-17-9-5-7-11-19(17)24-22(25-21)28-15-13-27(14-16-28)20-12-8-6-10-18(20)23/h5-12H,3-4,13-16H2,1-2H3. The molecule has 1 aliphatic heterocycles. The highest BCUT2D eigenvalue weighted by molar-refractivity contribution is 5.90. The number of piperazine rings is 1. The van der Waals surface area contributed by atoms with Crippen LogP contribution in [0.5, 0.6) is 0 Å². The number of para-hydroxylation sites is 2. The second-order valence-corrected chi connectivity index (χ2v) is 6.96. The number of anilines is 3. The van der Waals surface area contributed by atoms with Gasteiger partial charge in [-0.25, -0.2) is 9.37 Å². The quantitative estimate of drug-likeness (QED) is 0.671. The first-order chi connectivity index (χ1) is 13.7. The van der Waals surface area contributed by atoms with Crippen LogP contribution in [0.1, 0.15) is 13.8 Å². The van der Waals surface area contributed by atoms with Gasteiger partial charge in [0.1, 0.15) is 11.6 Å². The van der Waals surface area contributed by atoms with Crippen LogP contribution in [0.25, 0.3) is 10.9 Å². The first-order valence-corrected chi connectivity index (χ1v) is 9.97. The fourth-order valence-electron chi connectivity index (χ4n) is 3.81. The lowest BCUT2D eigenvalue weighted by molar-refractivity contribution is 0.594. The molecule has 0 spiro atoms. The predicted octanol–water partition coefficient (Wildman–Crippen LogP) is 3.94. The van der Waals surface area contributed by atoms with Crippen LogP contribution < -0.4 is 14.7 Å². The third-order valence-electron chi connectivity index (χ3n) is 5.39. The normalized spacial score (nSPS) is 14.5. The Morgan fingerprint density at radius 1 is 0.857 bits per heavy atom. The van der Waals surface area contributed by atoms with Crippen molar-refractivity contribution in [3.63, 3.8) is 0 Å². The summed E-state index contributed by atoms with van der Waals surface area (Å²) in [5.74, 6) is 1.58. The average molecular weight is 379 g/mol. The van der Waals surface area contributed by atoms with Gasteiger partial charge >= 0.3 is 0 Å². The molecule has 0 amide bonds. The lowest BCUT2D eigenvalue weighted by Crippen LogP contribution is -2.47. The minimum absolute atomic E-state index is 0.165. The van der Waals surface area contributed by atoms with Crippen LogP contribution in [-0.4, -0.2) is 49.2 Å². The minimum Gasteiger partial charge on any atom is -0.366 e. The summed E-state index contributed by atoms with van der Waals surface area (Å²) in [6, 6.07) is 15.2. The Kier molecular flexibility index (Phi) is 5.28. The Morgan fingerprint density at radius 2 is 1.50 bits per heavy atom. The molecule has 0 atom stereocenters. The first kappa shape index (κ1) is 18.5. The van der Waals surface area contributed by atoms with Gasteiger partial charge in [-0.05, 0) is 38.1 Å². The summed E-state index contributed by atoms with van der Waals surface area (Å²) < 4.78 is 14.1. The van der Waals surface area contributed by atoms with Crippen LogP contribution >= 0.6 is 0 Å². The van der Waals surface area contributed by atoms with Crippen molar-refractivity contribution >= 4 is 28.4 Å². The molecule has 3 aromatic rings. The van der Waals surface area contributed by atoms with Crippen molar-refractivity contribution in [1.29, 1.82) is 0 Å². The van der Waals surface area contributed by atoms with Crippen LogP contribution in [0.15, 0.2) is 48.5 Å². The number of hydrogen-bond acceptors (Lipinski definition) is 5. The summed E-state index contributed by atoms with van der Waals surface area (Å²) in [4.78, 5) is 16.3. The molecule has 0 N–H and O–H groups in total. The van der Waals surface area contributed by atoms with Gasteiger partial charge in [-0.3, -0.25) is 0 Å². The van der Waals surface area contributed by atoms with Crippen molar-refractivity contribution < 1.29 is 4.39 Å². The van der Waals surface area contributed by atoms with Gasteiger partial charge < -0.3 is 14.7 Å². The van der Waals surface area contributed by atoms with Gasteiger partial charge in [0.2, 0.25) is 5.95 Å². The third kappa shape index (κ3) is 3.46. The lowest BCUT2D eigenvalue weighted by Gasteiger charge is -2.36. The molecule has 0 aliphatic carbocycles. The molecule has 0 bridgehead atoms. The second kappa shape index (κ2) is 8.00. The van der Waals surface area contributed by atoms with Crippen LogP contribution in [0.4, 0.5) is 21.8 Å². The number of fused-ring (bicyclic) bond motifs is 1. The van der Waals surface area contributed by atoms with E-state index < -0.39 is 0 Å². The molecule has 6 heteroatoms. The maximum Gasteiger partial charge on any atom is 0.228 e. The van der Waals surface area contributed by atoms with Gasteiger partial charge in [0, 0.05) is 44.7 Å². The monoisotopic (exact) mass is 379 g/mol. The Balaban J connectivity index is 1.61. The molecular formula is C22H26FN5. The molecule has 2 aromatic carbocycles. The molecule has 4 rings (SSSR count). The summed E-state index contributed by atoms with van der Waals surface area (Å²) in [5.41, 5.74) is 1.64. The molecule has 0 radical (unpaired) electrons. The summed E-state index contributed by atoms with van der Waals surface area (Å²) >= 11 is 0. The van der Waals surface area contributed by atoms with Crippen LogP contribution in [0.3, 0.4) is 0 Å². The molecule has 1 fully saturated rings. The Bertz CT molecular complexity index is 949. The van der Waals surface area contributed by atoms with Crippen molar-refractivity contribution in [3.8, 4) is 0 Å². The van der Waals surface area contributed by atoms with E-state index in [1.165, 1.54) is 6.07 Å². The molecular weight excluding hydrogens is 353 g/mol. The third-order valence-corrected chi connectivity index (χ3v) is 5.39. The van der Waals surface area contributed by atoms with Crippen LogP contribution in [0.2, 0.25) is 0 Å². The van der Waals surface area contributed by atoms with Gasteiger partial charge in [0.25, 0.3) is 0 Å². The predicted molar refractivity (Wildman–Crippen MR) is 114 cm³/mol. The highest BCUT2D eigenvalue weighted by atomic mass is 19.1. The fraction of sp³-hybridized carbons (Fsp3) is 0.364. The maximum atomic E-state index is 14.1. The van der Waals surface area contributed by atoms with Crippen LogP contribution in [0, 0.1) is 5.82 Å². The molecule has 146 valence electrons. The number of rotatable bonds is 5. The van der Waals surface area contributed by atoms with E-state index in [-0.39, 0.29) is 5.82 Å². The van der Waals surface area contributed by atoms with E-state index in [1.807, 2.05) is 30.3 Å². The average Bonchev–Trinajstić information content (AvgIpc) is 2.75. The largest absolute Gasteiger partial charge is 0.366 e. The van der Waals surface area contributed by atoms with Crippen molar-refractivity contribution in [2.45, 2.75) is 13.8 Å². The fourth-order valence-corrected chi connectivity index (χ4v) is 3.81. The molecule has 5 nitrogen and oxygen atoms in total. The van der Waals surface area contributed by atoms with Gasteiger partial charge in [0.15, 0.2) is 0 Å². The van der Waals surface area contributed by atoms with Gasteiger partial charge in [-0.1, -0.05) is 24.3 Å². The Labute approximate surface area is 165 Å². The summed E-state index contributed by atoms with van der Waals surface area (Å²) in [6.45, 7) is 9.13. The number of halogens is 1. The number of aromatic nitrogens is 2. The Morgan fingerprint density at radius 3 is 2.21 bits per heavy atom. The van der Waals surface area contributed by atoms with E-state index >= 15 is 0 Å². The van der Waals surface area contributed by atoms with E-state index in [4.69, 9.17) is 9.97 Å². The van der Waals surface area contributed by atoms with Crippen LogP contribution in [-0.2, 0) is 0 Å². The second-order valence-electron chi connectivity index (χ2n) is 6.96. The summed E-state index contributed by atoms with van der Waals surface area (Å²) in [6.07, 6.45) is 0. The number of benzene rings is 2. The topological polar surface area (TPSA) is 35.5 Å². The van der Waals surface area contributed by atoms with Gasteiger partial charge in [0.05, 0.1) is 11.2 Å². The van der Waals surface area contributed by atoms with Crippen molar-refractivity contribution in [1.82, 2.24) is 9.97 Å². The van der Waals surface area contributed by atoms with Gasteiger partial charge in [-0.15, -0.1) is 0 Å². The molecule has 0 saturated carbocycles. The lowest BCUT2D eigenvalue weighted by atomic mass is 10.2. The van der Waals surface area contributed by atoms with E-state index in [0.29, 0.717) is 5.69 Å². The smallest absolute Gasteiger partial charge is 0.228 e. The van der Waals surface area contributed by atoms with Crippen molar-refractivity contribution in [2.24, 2.45) is 0 Å². The van der Waals surface area contributed by atoms with E-state index in [1.54, 1.807) is 6.07 Å².